The lowest BCUT2D eigenvalue weighted by Gasteiger charge is -2.27. The van der Waals surface area contributed by atoms with Crippen LogP contribution in [0.2, 0.25) is 0 Å². The van der Waals surface area contributed by atoms with Gasteiger partial charge in [0.25, 0.3) is 0 Å². The number of benzene rings is 1. The first-order valence-electron chi connectivity index (χ1n) is 8.74. The highest BCUT2D eigenvalue weighted by molar-refractivity contribution is 5.63. The molecule has 1 aromatic carbocycles. The van der Waals surface area contributed by atoms with Crippen LogP contribution in [-0.2, 0) is 0 Å². The van der Waals surface area contributed by atoms with Crippen LogP contribution in [0.1, 0.15) is 70.8 Å². The summed E-state index contributed by atoms with van der Waals surface area (Å²) in [6.07, 6.45) is 12.8. The highest BCUT2D eigenvalue weighted by Gasteiger charge is 2.19. The molecule has 0 aliphatic heterocycles. The maximum absolute atomic E-state index is 13.3. The third-order valence-corrected chi connectivity index (χ3v) is 4.97. The van der Waals surface area contributed by atoms with Gasteiger partial charge in [-0.3, -0.25) is 0 Å². The lowest BCUT2D eigenvalue weighted by atomic mass is 9.79. The second-order valence-corrected chi connectivity index (χ2v) is 6.76. The predicted octanol–water partition coefficient (Wildman–Crippen LogP) is 6.75. The summed E-state index contributed by atoms with van der Waals surface area (Å²) in [6.45, 7) is 4.25. The molecule has 0 saturated heterocycles. The molecule has 0 amide bonds. The Morgan fingerprint density at radius 3 is 2.45 bits per heavy atom. The van der Waals surface area contributed by atoms with E-state index in [0.29, 0.717) is 5.92 Å². The molecular weight excluding hydrogens is 278 g/mol. The molecule has 122 valence electrons. The van der Waals surface area contributed by atoms with E-state index in [9.17, 15) is 8.78 Å². The van der Waals surface area contributed by atoms with Crippen molar-refractivity contribution < 1.29 is 8.78 Å². The SMILES string of the molecule is CCCCCC1CCC(C=C(C)c2ccc(F)c(F)c2)CC1. The summed E-state index contributed by atoms with van der Waals surface area (Å²) in [4.78, 5) is 0. The molecule has 0 spiro atoms. The van der Waals surface area contributed by atoms with Crippen LogP contribution in [0, 0.1) is 23.5 Å². The van der Waals surface area contributed by atoms with Gasteiger partial charge in [-0.1, -0.05) is 44.7 Å². The molecule has 0 N–H and O–H groups in total. The number of allylic oxidation sites excluding steroid dienone is 2. The first-order chi connectivity index (χ1) is 10.6. The van der Waals surface area contributed by atoms with Crippen LogP contribution in [0.5, 0.6) is 0 Å². The molecule has 0 radical (unpaired) electrons. The van der Waals surface area contributed by atoms with E-state index in [-0.39, 0.29) is 0 Å². The van der Waals surface area contributed by atoms with Crippen LogP contribution in [0.3, 0.4) is 0 Å². The van der Waals surface area contributed by atoms with E-state index >= 15 is 0 Å². The van der Waals surface area contributed by atoms with Crippen molar-refractivity contribution >= 4 is 5.57 Å². The summed E-state index contributed by atoms with van der Waals surface area (Å²) >= 11 is 0. The molecule has 22 heavy (non-hydrogen) atoms. The average molecular weight is 306 g/mol. The van der Waals surface area contributed by atoms with Gasteiger partial charge in [-0.2, -0.15) is 0 Å². The van der Waals surface area contributed by atoms with Crippen LogP contribution in [-0.4, -0.2) is 0 Å². The maximum Gasteiger partial charge on any atom is 0.159 e. The monoisotopic (exact) mass is 306 g/mol. The number of unbranched alkanes of at least 4 members (excludes halogenated alkanes) is 2. The van der Waals surface area contributed by atoms with E-state index in [4.69, 9.17) is 0 Å². The molecule has 2 heteroatoms. The second-order valence-electron chi connectivity index (χ2n) is 6.76. The smallest absolute Gasteiger partial charge is 0.159 e. The molecule has 1 saturated carbocycles. The summed E-state index contributed by atoms with van der Waals surface area (Å²) in [5.41, 5.74) is 1.86. The Morgan fingerprint density at radius 1 is 1.09 bits per heavy atom. The Bertz CT molecular complexity index is 496. The predicted molar refractivity (Wildman–Crippen MR) is 89.6 cm³/mol. The molecule has 1 aromatic rings. The van der Waals surface area contributed by atoms with Crippen molar-refractivity contribution in [3.8, 4) is 0 Å². The third-order valence-electron chi connectivity index (χ3n) is 4.97. The fourth-order valence-electron chi connectivity index (χ4n) is 3.52. The first-order valence-corrected chi connectivity index (χ1v) is 8.74. The van der Waals surface area contributed by atoms with Crippen LogP contribution in [0.25, 0.3) is 5.57 Å². The minimum absolute atomic E-state index is 0.593. The van der Waals surface area contributed by atoms with Gasteiger partial charge < -0.3 is 0 Å². The van der Waals surface area contributed by atoms with Crippen LogP contribution in [0.15, 0.2) is 24.3 Å². The van der Waals surface area contributed by atoms with Gasteiger partial charge in [0.05, 0.1) is 0 Å². The van der Waals surface area contributed by atoms with E-state index < -0.39 is 11.6 Å². The van der Waals surface area contributed by atoms with E-state index in [0.717, 1.165) is 17.1 Å². The standard InChI is InChI=1S/C20H28F2/c1-3-4-5-6-16-7-9-17(10-8-16)13-15(2)18-11-12-19(21)20(22)14-18/h11-14,16-17H,3-10H2,1-2H3. The summed E-state index contributed by atoms with van der Waals surface area (Å²) < 4.78 is 26.3. The molecule has 1 aliphatic rings. The number of rotatable bonds is 6. The molecule has 0 bridgehead atoms. The number of halogens is 2. The highest BCUT2D eigenvalue weighted by Crippen LogP contribution is 2.34. The fourth-order valence-corrected chi connectivity index (χ4v) is 3.52. The average Bonchev–Trinajstić information content (AvgIpc) is 2.52. The van der Waals surface area contributed by atoms with Gasteiger partial charge in [0.15, 0.2) is 11.6 Å². The normalized spacial score (nSPS) is 22.8. The first kappa shape index (κ1) is 17.2. The summed E-state index contributed by atoms with van der Waals surface area (Å²) in [6, 6.07) is 4.19. The molecule has 0 aromatic heterocycles. The van der Waals surface area contributed by atoms with E-state index in [1.807, 2.05) is 6.92 Å². The van der Waals surface area contributed by atoms with Gasteiger partial charge in [0.1, 0.15) is 0 Å². The van der Waals surface area contributed by atoms with Crippen molar-refractivity contribution in [2.45, 2.75) is 65.2 Å². The van der Waals surface area contributed by atoms with Gasteiger partial charge in [-0.15, -0.1) is 0 Å². The number of hydrogen-bond donors (Lipinski definition) is 0. The van der Waals surface area contributed by atoms with Gasteiger partial charge in [-0.25, -0.2) is 8.78 Å². The van der Waals surface area contributed by atoms with E-state index in [1.54, 1.807) is 6.07 Å². The minimum Gasteiger partial charge on any atom is -0.204 e. The van der Waals surface area contributed by atoms with Crippen molar-refractivity contribution in [1.29, 1.82) is 0 Å². The Balaban J connectivity index is 1.87. The Morgan fingerprint density at radius 2 is 1.82 bits per heavy atom. The minimum atomic E-state index is -0.774. The zero-order valence-corrected chi connectivity index (χ0v) is 13.9. The lowest BCUT2D eigenvalue weighted by molar-refractivity contribution is 0.289. The summed E-state index contributed by atoms with van der Waals surface area (Å²) in [5, 5.41) is 0. The van der Waals surface area contributed by atoms with Crippen molar-refractivity contribution in [3.05, 3.63) is 41.5 Å². The molecule has 0 unspecified atom stereocenters. The molecule has 0 atom stereocenters. The largest absolute Gasteiger partial charge is 0.204 e. The fraction of sp³-hybridized carbons (Fsp3) is 0.600. The third kappa shape index (κ3) is 4.93. The van der Waals surface area contributed by atoms with E-state index in [2.05, 4.69) is 13.0 Å². The van der Waals surface area contributed by atoms with Gasteiger partial charge in [-0.05, 0) is 67.7 Å². The molecule has 0 heterocycles. The Hall–Kier alpha value is -1.18. The Kier molecular flexibility index (Phi) is 6.60. The molecule has 1 aliphatic carbocycles. The molecule has 0 nitrogen and oxygen atoms in total. The van der Waals surface area contributed by atoms with Crippen LogP contribution in [0.4, 0.5) is 8.78 Å². The van der Waals surface area contributed by atoms with Crippen LogP contribution < -0.4 is 0 Å². The summed E-state index contributed by atoms with van der Waals surface area (Å²) in [5.74, 6) is -0.0377. The maximum atomic E-state index is 13.3. The van der Waals surface area contributed by atoms with Crippen molar-refractivity contribution in [2.24, 2.45) is 11.8 Å². The van der Waals surface area contributed by atoms with Gasteiger partial charge in [0, 0.05) is 0 Å². The highest BCUT2D eigenvalue weighted by atomic mass is 19.2. The van der Waals surface area contributed by atoms with Crippen molar-refractivity contribution in [1.82, 2.24) is 0 Å². The zero-order chi connectivity index (χ0) is 15.9. The number of hydrogen-bond acceptors (Lipinski definition) is 0. The molecule has 1 fully saturated rings. The zero-order valence-electron chi connectivity index (χ0n) is 13.9. The van der Waals surface area contributed by atoms with E-state index in [1.165, 1.54) is 63.5 Å². The second kappa shape index (κ2) is 8.45. The van der Waals surface area contributed by atoms with Gasteiger partial charge >= 0.3 is 0 Å². The van der Waals surface area contributed by atoms with Crippen molar-refractivity contribution in [3.63, 3.8) is 0 Å². The topological polar surface area (TPSA) is 0 Å². The molecule has 2 rings (SSSR count). The van der Waals surface area contributed by atoms with Crippen molar-refractivity contribution in [2.75, 3.05) is 0 Å². The summed E-state index contributed by atoms with van der Waals surface area (Å²) in [7, 11) is 0. The molecular formula is C20H28F2. The van der Waals surface area contributed by atoms with Crippen LogP contribution >= 0.6 is 0 Å². The lowest BCUT2D eigenvalue weighted by Crippen LogP contribution is -2.13. The van der Waals surface area contributed by atoms with Gasteiger partial charge in [0.2, 0.25) is 0 Å². The quantitative estimate of drug-likeness (QED) is 0.510. The Labute approximate surface area is 133 Å².